The monoisotopic (exact) mass is 487 g/mol. The molecular formula is C23H17ClF3N5O2. The molecule has 1 amide bonds. The fourth-order valence-corrected chi connectivity index (χ4v) is 4.02. The maximum absolute atomic E-state index is 13.5. The molecule has 0 atom stereocenters. The minimum absolute atomic E-state index is 0.0100. The van der Waals surface area contributed by atoms with Crippen molar-refractivity contribution < 1.29 is 22.7 Å². The summed E-state index contributed by atoms with van der Waals surface area (Å²) in [7, 11) is 0. The maximum atomic E-state index is 13.5. The van der Waals surface area contributed by atoms with Crippen LogP contribution >= 0.6 is 11.6 Å². The van der Waals surface area contributed by atoms with Crippen LogP contribution in [0, 0.1) is 0 Å². The lowest BCUT2D eigenvalue weighted by Crippen LogP contribution is -2.27. The molecule has 1 saturated carbocycles. The molecule has 2 aromatic heterocycles. The van der Waals surface area contributed by atoms with Gasteiger partial charge in [-0.2, -0.15) is 0 Å². The van der Waals surface area contributed by atoms with E-state index in [1.165, 1.54) is 30.6 Å². The first-order valence-corrected chi connectivity index (χ1v) is 10.7. The molecule has 2 aromatic carbocycles. The van der Waals surface area contributed by atoms with Crippen molar-refractivity contribution in [2.45, 2.75) is 30.6 Å². The third-order valence-electron chi connectivity index (χ3n) is 5.60. The van der Waals surface area contributed by atoms with E-state index in [2.05, 4.69) is 25.0 Å². The van der Waals surface area contributed by atoms with Gasteiger partial charge >= 0.3 is 5.57 Å². The second-order valence-corrected chi connectivity index (χ2v) is 8.36. The second-order valence-electron chi connectivity index (χ2n) is 7.92. The Labute approximate surface area is 196 Å². The first kappa shape index (κ1) is 22.1. The largest absolute Gasteiger partial charge is 0.487 e. The number of halogens is 4. The van der Waals surface area contributed by atoms with E-state index in [4.69, 9.17) is 11.6 Å². The van der Waals surface area contributed by atoms with Gasteiger partial charge in [0, 0.05) is 52.4 Å². The molecular weight excluding hydrogens is 471 g/mol. The van der Waals surface area contributed by atoms with Crippen LogP contribution in [0.5, 0.6) is 5.75 Å². The Bertz CT molecular complexity index is 1340. The number of imidazole rings is 1. The van der Waals surface area contributed by atoms with Gasteiger partial charge in [0.25, 0.3) is 5.91 Å². The summed E-state index contributed by atoms with van der Waals surface area (Å²) in [6.45, 7) is 0. The van der Waals surface area contributed by atoms with Crippen molar-refractivity contribution in [1.29, 1.82) is 0 Å². The summed E-state index contributed by atoms with van der Waals surface area (Å²) in [5, 5.41) is 2.72. The van der Waals surface area contributed by atoms with Crippen molar-refractivity contribution in [3.05, 3.63) is 67.0 Å². The molecule has 1 fully saturated rings. The van der Waals surface area contributed by atoms with Gasteiger partial charge in [-0.15, -0.1) is 8.78 Å². The Morgan fingerprint density at radius 3 is 2.50 bits per heavy atom. The number of benzene rings is 2. The number of alkyl halides is 4. The van der Waals surface area contributed by atoms with Crippen LogP contribution < -0.4 is 10.1 Å². The number of hydrogen-bond acceptors (Lipinski definition) is 5. The number of anilines is 1. The van der Waals surface area contributed by atoms with Crippen LogP contribution in [0.15, 0.2) is 61.4 Å². The lowest BCUT2D eigenvalue weighted by atomic mass is 9.90. The number of carbonyl (C=O) groups is 1. The Morgan fingerprint density at radius 2 is 1.85 bits per heavy atom. The van der Waals surface area contributed by atoms with E-state index in [-0.39, 0.29) is 11.8 Å². The molecule has 1 aliphatic rings. The second kappa shape index (κ2) is 8.60. The summed E-state index contributed by atoms with van der Waals surface area (Å²) in [6, 6.07) is 8.69. The van der Waals surface area contributed by atoms with Crippen molar-refractivity contribution in [3.8, 4) is 16.9 Å². The Kier molecular flexibility index (Phi) is 5.60. The molecule has 0 spiro atoms. The summed E-state index contributed by atoms with van der Waals surface area (Å²) in [5.41, 5.74) is -0.422. The van der Waals surface area contributed by atoms with E-state index >= 15 is 0 Å². The zero-order valence-corrected chi connectivity index (χ0v) is 18.2. The predicted octanol–water partition coefficient (Wildman–Crippen LogP) is 5.59. The number of amides is 1. The highest BCUT2D eigenvalue weighted by Gasteiger charge is 2.32. The smallest absolute Gasteiger partial charge is 0.420 e. The fraction of sp³-hybridized carbons (Fsp3) is 0.217. The van der Waals surface area contributed by atoms with Crippen molar-refractivity contribution in [3.63, 3.8) is 0 Å². The van der Waals surface area contributed by atoms with Crippen molar-refractivity contribution in [2.75, 3.05) is 5.32 Å². The van der Waals surface area contributed by atoms with Crippen LogP contribution in [0.25, 0.3) is 22.2 Å². The van der Waals surface area contributed by atoms with Gasteiger partial charge in [0.05, 0.1) is 17.4 Å². The van der Waals surface area contributed by atoms with Gasteiger partial charge < -0.3 is 14.6 Å². The minimum atomic E-state index is -3.83. The number of carbonyl (C=O) groups excluding carboxylic acids is 1. The van der Waals surface area contributed by atoms with E-state index in [0.29, 0.717) is 40.7 Å². The average molecular weight is 488 g/mol. The highest BCUT2D eigenvalue weighted by Crippen LogP contribution is 2.39. The molecule has 0 unspecified atom stereocenters. The SMILES string of the molecule is O=C(Nc1ccc(OC(F)(F)Cl)cc1)c1cc(-c2cncnc2)c2c(c1)ncn2C1CC(F)C1. The molecule has 4 aromatic rings. The lowest BCUT2D eigenvalue weighted by Gasteiger charge is -2.31. The van der Waals surface area contributed by atoms with Crippen LogP contribution in [-0.2, 0) is 0 Å². The minimum Gasteiger partial charge on any atom is -0.420 e. The number of hydrogen-bond donors (Lipinski definition) is 1. The third-order valence-corrected chi connectivity index (χ3v) is 5.67. The van der Waals surface area contributed by atoms with E-state index in [1.54, 1.807) is 30.9 Å². The van der Waals surface area contributed by atoms with Crippen molar-refractivity contribution in [1.82, 2.24) is 19.5 Å². The molecule has 1 aliphatic carbocycles. The maximum Gasteiger partial charge on any atom is 0.487 e. The standard InChI is InChI=1S/C23H17ClF3N5O2/c24-23(26,27)34-18-3-1-16(2-4-18)31-22(33)13-5-19(14-9-28-11-29-10-14)21-20(6-13)30-12-32(21)17-7-15(25)8-17/h1-6,9-12,15,17H,7-8H2,(H,31,33). The Morgan fingerprint density at radius 1 is 1.15 bits per heavy atom. The van der Waals surface area contributed by atoms with Crippen LogP contribution in [-0.4, -0.2) is 37.2 Å². The summed E-state index contributed by atoms with van der Waals surface area (Å²) in [5.74, 6) is -0.582. The molecule has 7 nitrogen and oxygen atoms in total. The topological polar surface area (TPSA) is 81.9 Å². The van der Waals surface area contributed by atoms with Gasteiger partial charge in [-0.3, -0.25) is 4.79 Å². The predicted molar refractivity (Wildman–Crippen MR) is 120 cm³/mol. The molecule has 0 aliphatic heterocycles. The van der Waals surface area contributed by atoms with Gasteiger partial charge in [-0.1, -0.05) is 0 Å². The normalized spacial score (nSPS) is 17.9. The summed E-state index contributed by atoms with van der Waals surface area (Å²) in [4.78, 5) is 25.6. The molecule has 0 saturated heterocycles. The fourth-order valence-electron chi connectivity index (χ4n) is 3.93. The first-order valence-electron chi connectivity index (χ1n) is 10.3. The molecule has 5 rings (SSSR count). The van der Waals surface area contributed by atoms with Gasteiger partial charge in [-0.25, -0.2) is 19.3 Å². The summed E-state index contributed by atoms with van der Waals surface area (Å²) in [6.07, 6.45) is 6.31. The number of nitrogens with one attached hydrogen (secondary N) is 1. The van der Waals surface area contributed by atoms with Crippen LogP contribution in [0.3, 0.4) is 0 Å². The van der Waals surface area contributed by atoms with Gasteiger partial charge in [0.15, 0.2) is 0 Å². The van der Waals surface area contributed by atoms with Crippen LogP contribution in [0.1, 0.15) is 29.2 Å². The molecule has 1 N–H and O–H groups in total. The molecule has 0 radical (unpaired) electrons. The third kappa shape index (κ3) is 4.54. The molecule has 0 bridgehead atoms. The number of rotatable bonds is 6. The molecule has 34 heavy (non-hydrogen) atoms. The van der Waals surface area contributed by atoms with Crippen LogP contribution in [0.4, 0.5) is 18.9 Å². The number of ether oxygens (including phenoxy) is 1. The molecule has 174 valence electrons. The van der Waals surface area contributed by atoms with Gasteiger partial charge in [-0.05, 0) is 49.2 Å². The zero-order valence-electron chi connectivity index (χ0n) is 17.5. The highest BCUT2D eigenvalue weighted by molar-refractivity contribution is 6.20. The van der Waals surface area contributed by atoms with E-state index in [0.717, 1.165) is 5.52 Å². The highest BCUT2D eigenvalue weighted by atomic mass is 35.5. The lowest BCUT2D eigenvalue weighted by molar-refractivity contribution is -0.0964. The Hall–Kier alpha value is -3.66. The van der Waals surface area contributed by atoms with Gasteiger partial charge in [0.2, 0.25) is 0 Å². The molecule has 2 heterocycles. The van der Waals surface area contributed by atoms with Crippen LogP contribution in [0.2, 0.25) is 0 Å². The number of aromatic nitrogens is 4. The summed E-state index contributed by atoms with van der Waals surface area (Å²) < 4.78 is 45.3. The average Bonchev–Trinajstić information content (AvgIpc) is 3.21. The van der Waals surface area contributed by atoms with Crippen molar-refractivity contribution in [2.24, 2.45) is 0 Å². The van der Waals surface area contributed by atoms with E-state index < -0.39 is 17.6 Å². The zero-order chi connectivity index (χ0) is 23.9. The Balaban J connectivity index is 1.47. The summed E-state index contributed by atoms with van der Waals surface area (Å²) >= 11 is 4.77. The number of nitrogens with zero attached hydrogens (tertiary/aromatic N) is 4. The quantitative estimate of drug-likeness (QED) is 0.359. The van der Waals surface area contributed by atoms with Crippen molar-refractivity contribution >= 4 is 34.2 Å². The number of fused-ring (bicyclic) bond motifs is 1. The van der Waals surface area contributed by atoms with Gasteiger partial charge in [0.1, 0.15) is 18.2 Å². The van der Waals surface area contributed by atoms with E-state index in [9.17, 15) is 18.0 Å². The van der Waals surface area contributed by atoms with E-state index in [1.807, 2.05) is 4.57 Å². The molecule has 11 heteroatoms. The first-order chi connectivity index (χ1) is 16.3.